The summed E-state index contributed by atoms with van der Waals surface area (Å²) in [5.41, 5.74) is 5.76. The molecule has 0 aromatic heterocycles. The molecule has 3 aliphatic heterocycles. The van der Waals surface area contributed by atoms with Crippen molar-refractivity contribution in [2.75, 3.05) is 13.1 Å². The van der Waals surface area contributed by atoms with E-state index in [2.05, 4.69) is 50.4 Å². The van der Waals surface area contributed by atoms with Crippen molar-refractivity contribution in [3.8, 4) is 16.9 Å². The summed E-state index contributed by atoms with van der Waals surface area (Å²) in [5.74, 6) is 2.74. The Morgan fingerprint density at radius 3 is 2.51 bits per heavy atom. The number of rotatable bonds is 10. The summed E-state index contributed by atoms with van der Waals surface area (Å²) in [6, 6.07) is 15.8. The van der Waals surface area contributed by atoms with Crippen LogP contribution in [0.25, 0.3) is 16.7 Å². The lowest BCUT2D eigenvalue weighted by molar-refractivity contribution is -0.135. The van der Waals surface area contributed by atoms with Gasteiger partial charge in [-0.25, -0.2) is 9.59 Å². The smallest absolute Gasteiger partial charge is 0.340 e. The summed E-state index contributed by atoms with van der Waals surface area (Å²) in [7, 11) is 0. The van der Waals surface area contributed by atoms with Crippen LogP contribution in [-0.2, 0) is 19.1 Å². The van der Waals surface area contributed by atoms with E-state index in [1.54, 1.807) is 6.07 Å². The van der Waals surface area contributed by atoms with Crippen molar-refractivity contribution in [1.29, 1.82) is 0 Å². The van der Waals surface area contributed by atoms with Crippen molar-refractivity contribution >= 4 is 17.5 Å². The highest BCUT2D eigenvalue weighted by Gasteiger charge is 2.68. The lowest BCUT2D eigenvalue weighted by atomic mass is 9.44. The minimum Gasteiger partial charge on any atom is -0.508 e. The highest BCUT2D eigenvalue weighted by atomic mass is 16.5. The van der Waals surface area contributed by atoms with Gasteiger partial charge in [0.1, 0.15) is 17.3 Å². The van der Waals surface area contributed by atoms with E-state index in [0.717, 1.165) is 116 Å². The average Bonchev–Trinajstić information content (AvgIpc) is 3.63. The van der Waals surface area contributed by atoms with Gasteiger partial charge in [0.25, 0.3) is 0 Å². The van der Waals surface area contributed by atoms with Crippen LogP contribution in [0.4, 0.5) is 0 Å². The van der Waals surface area contributed by atoms with Crippen LogP contribution >= 0.6 is 0 Å². The monoisotopic (exact) mass is 687 g/mol. The molecule has 4 aliphatic carbocycles. The van der Waals surface area contributed by atoms with Crippen LogP contribution in [0.15, 0.2) is 88.9 Å². The first-order valence-electron chi connectivity index (χ1n) is 19.7. The number of phenolic OH excluding ortho intramolecular Hbond substituents is 1. The zero-order valence-corrected chi connectivity index (χ0v) is 30.5. The van der Waals surface area contributed by atoms with Crippen molar-refractivity contribution in [3.63, 3.8) is 0 Å². The van der Waals surface area contributed by atoms with E-state index in [9.17, 15) is 14.7 Å². The van der Waals surface area contributed by atoms with Crippen LogP contribution in [0.2, 0.25) is 0 Å². The molecule has 2 bridgehead atoms. The van der Waals surface area contributed by atoms with E-state index in [0.29, 0.717) is 17.4 Å². The van der Waals surface area contributed by atoms with E-state index in [1.807, 2.05) is 30.3 Å². The quantitative estimate of drug-likeness (QED) is 0.242. The molecule has 2 saturated heterocycles. The summed E-state index contributed by atoms with van der Waals surface area (Å²) in [6.07, 6.45) is 15.3. The molecule has 5 atom stereocenters. The van der Waals surface area contributed by atoms with Gasteiger partial charge in [-0.1, -0.05) is 63.6 Å². The number of aromatic hydroxyl groups is 1. The third-order valence-corrected chi connectivity index (χ3v) is 13.1. The number of ether oxygens (including phenoxy) is 2. The Hall–Kier alpha value is -3.90. The Kier molecular flexibility index (Phi) is 9.33. The topological polar surface area (TPSA) is 84.9 Å². The fourth-order valence-electron chi connectivity index (χ4n) is 10.6. The Bertz CT molecular complexity index is 1830. The molecule has 0 radical (unpaired) electrons. The molecule has 3 heterocycles. The van der Waals surface area contributed by atoms with Gasteiger partial charge in [-0.2, -0.15) is 0 Å². The van der Waals surface area contributed by atoms with Crippen LogP contribution < -0.4 is 5.32 Å². The molecular weight excluding hydrogens is 634 g/mol. The number of carbonyl (C=O) groups is 2. The summed E-state index contributed by atoms with van der Waals surface area (Å²) in [4.78, 5) is 28.7. The van der Waals surface area contributed by atoms with Gasteiger partial charge in [-0.15, -0.1) is 0 Å². The van der Waals surface area contributed by atoms with E-state index >= 15 is 0 Å². The molecule has 2 aromatic carbocycles. The van der Waals surface area contributed by atoms with Gasteiger partial charge >= 0.3 is 11.9 Å². The van der Waals surface area contributed by atoms with Crippen molar-refractivity contribution in [3.05, 3.63) is 94.5 Å². The molecule has 2 aromatic rings. The number of allylic oxidation sites excluding steroid dienone is 5. The summed E-state index contributed by atoms with van der Waals surface area (Å²) in [5, 5.41) is 14.4. The van der Waals surface area contributed by atoms with Gasteiger partial charge in [0.2, 0.25) is 0 Å². The fraction of sp³-hybridized carbons (Fsp3) is 0.511. The Labute approximate surface area is 303 Å². The lowest BCUT2D eigenvalue weighted by Gasteiger charge is -2.56. The second kappa shape index (κ2) is 13.9. The van der Waals surface area contributed by atoms with Crippen molar-refractivity contribution < 1.29 is 24.2 Å². The molecule has 51 heavy (non-hydrogen) atoms. The largest absolute Gasteiger partial charge is 0.508 e. The zero-order chi connectivity index (χ0) is 35.3. The van der Waals surface area contributed by atoms with E-state index in [1.165, 1.54) is 12.8 Å². The number of esters is 2. The Balaban J connectivity index is 1.28. The predicted molar refractivity (Wildman–Crippen MR) is 200 cm³/mol. The molecule has 1 saturated carbocycles. The highest BCUT2D eigenvalue weighted by molar-refractivity contribution is 6.07. The molecule has 3 fully saturated rings. The normalized spacial score (nSPS) is 29.5. The molecule has 0 amide bonds. The molecule has 9 rings (SSSR count). The number of carbonyl (C=O) groups excluding carboxylic acids is 2. The summed E-state index contributed by atoms with van der Waals surface area (Å²) >= 11 is 0. The van der Waals surface area contributed by atoms with Crippen LogP contribution in [0.5, 0.6) is 5.75 Å². The minimum atomic E-state index is -0.749. The van der Waals surface area contributed by atoms with E-state index < -0.39 is 5.41 Å². The SMILES string of the molecule is CCC(C=C1OC(=O)C2=C(c3cc(O)ccc3-c3ccccc3)C3CCC12C1C2=C(CCC31)C(=CCCC1CCNCC1)OC2=O)CCC(C)C. The molecular formula is C45H53NO5. The molecule has 1 spiro atoms. The molecule has 5 unspecified atom stereocenters. The van der Waals surface area contributed by atoms with Gasteiger partial charge in [0, 0.05) is 17.1 Å². The molecule has 2 N–H and O–H groups in total. The highest BCUT2D eigenvalue weighted by Crippen LogP contribution is 2.72. The van der Waals surface area contributed by atoms with Crippen LogP contribution in [0.3, 0.4) is 0 Å². The number of benzene rings is 2. The third-order valence-electron chi connectivity index (χ3n) is 13.1. The van der Waals surface area contributed by atoms with Gasteiger partial charge in [0.05, 0.1) is 11.0 Å². The van der Waals surface area contributed by atoms with Crippen LogP contribution in [0, 0.1) is 40.9 Å². The minimum absolute atomic E-state index is 0.0562. The van der Waals surface area contributed by atoms with Crippen LogP contribution in [0.1, 0.15) is 97.0 Å². The molecule has 6 heteroatoms. The number of phenols is 1. The van der Waals surface area contributed by atoms with E-state index in [-0.39, 0.29) is 41.4 Å². The number of nitrogens with one attached hydrogen (secondary N) is 1. The first kappa shape index (κ1) is 34.2. The first-order chi connectivity index (χ1) is 24.8. The average molecular weight is 688 g/mol. The maximum absolute atomic E-state index is 14.5. The molecule has 268 valence electrons. The number of hydrogen-bond acceptors (Lipinski definition) is 6. The number of cyclic esters (lactones) is 2. The first-order valence-corrected chi connectivity index (χ1v) is 19.7. The van der Waals surface area contributed by atoms with Gasteiger partial charge in [-0.3, -0.25) is 0 Å². The summed E-state index contributed by atoms with van der Waals surface area (Å²) in [6.45, 7) is 8.89. The van der Waals surface area contributed by atoms with Gasteiger partial charge < -0.3 is 19.9 Å². The Morgan fingerprint density at radius 1 is 0.941 bits per heavy atom. The van der Waals surface area contributed by atoms with Gasteiger partial charge in [0.15, 0.2) is 0 Å². The van der Waals surface area contributed by atoms with Crippen LogP contribution in [-0.4, -0.2) is 30.1 Å². The maximum atomic E-state index is 14.5. The second-order valence-electron chi connectivity index (χ2n) is 16.4. The second-order valence-corrected chi connectivity index (χ2v) is 16.4. The van der Waals surface area contributed by atoms with Crippen molar-refractivity contribution in [2.45, 2.75) is 91.4 Å². The molecule has 6 nitrogen and oxygen atoms in total. The third kappa shape index (κ3) is 5.92. The maximum Gasteiger partial charge on any atom is 0.340 e. The van der Waals surface area contributed by atoms with Crippen molar-refractivity contribution in [1.82, 2.24) is 5.32 Å². The van der Waals surface area contributed by atoms with Crippen molar-refractivity contribution in [2.24, 2.45) is 40.9 Å². The Morgan fingerprint density at radius 2 is 1.75 bits per heavy atom. The summed E-state index contributed by atoms with van der Waals surface area (Å²) < 4.78 is 12.7. The predicted octanol–water partition coefficient (Wildman–Crippen LogP) is 9.67. The number of fused-ring (bicyclic) bond motifs is 1. The number of piperidine rings is 1. The lowest BCUT2D eigenvalue weighted by Crippen LogP contribution is -2.52. The zero-order valence-electron chi connectivity index (χ0n) is 30.5. The molecule has 7 aliphatic rings. The van der Waals surface area contributed by atoms with E-state index in [4.69, 9.17) is 9.47 Å². The fourth-order valence-corrected chi connectivity index (χ4v) is 10.6. The number of hydrogen-bond donors (Lipinski definition) is 2. The standard InChI is InChI=1S/C45H53NO5/c1-4-28(14-13-27(2)3)25-38-45-22-19-33(39(42(45)44(49)51-38)36-26-31(47)15-16-32(36)30-10-6-5-7-11-30)34-17-18-35-37(50-43(48)40(35)41(34)45)12-8-9-29-20-23-46-24-21-29/h5-7,10-12,15-16,25-29,33-34,41,46-47H,4,8-9,13-14,17-24H2,1-3H3. The van der Waals surface area contributed by atoms with Gasteiger partial charge in [-0.05, 0) is 153 Å².